The third kappa shape index (κ3) is 6.13. The summed E-state index contributed by atoms with van der Waals surface area (Å²) in [6, 6.07) is 5.61. The van der Waals surface area contributed by atoms with Crippen LogP contribution in [0.1, 0.15) is 31.4 Å². The van der Waals surface area contributed by atoms with E-state index in [9.17, 15) is 9.18 Å². The molecule has 0 radical (unpaired) electrons. The Bertz CT molecular complexity index is 564. The van der Waals surface area contributed by atoms with Crippen molar-refractivity contribution >= 4 is 17.4 Å². The number of hydrogen-bond acceptors (Lipinski definition) is 2. The Morgan fingerprint density at radius 3 is 2.67 bits per heavy atom. The lowest BCUT2D eigenvalue weighted by atomic mass is 10.0. The number of dihydropyridines is 1. The smallest absolute Gasteiger partial charge is 0.190 e. The Hall–Kier alpha value is -1.61. The van der Waals surface area contributed by atoms with E-state index in [1.165, 1.54) is 0 Å². The van der Waals surface area contributed by atoms with Crippen molar-refractivity contribution in [1.29, 1.82) is 0 Å². The van der Waals surface area contributed by atoms with Gasteiger partial charge < -0.3 is 5.32 Å². The number of rotatable bonds is 3. The molecule has 0 saturated carbocycles. The monoisotopic (exact) mass is 309 g/mol. The van der Waals surface area contributed by atoms with Crippen molar-refractivity contribution in [2.24, 2.45) is 0 Å². The second-order valence-electron chi connectivity index (χ2n) is 4.93. The molecule has 0 unspecified atom stereocenters. The molecular formula is C17H21ClFNO. The number of aryl methyl sites for hydroxylation is 1. The first kappa shape index (κ1) is 17.4. The fraction of sp³-hybridized carbons (Fsp3) is 0.353. The average Bonchev–Trinajstić information content (AvgIpc) is 2.44. The van der Waals surface area contributed by atoms with E-state index in [2.05, 4.69) is 5.32 Å². The van der Waals surface area contributed by atoms with E-state index < -0.39 is 0 Å². The molecule has 0 saturated heterocycles. The summed E-state index contributed by atoms with van der Waals surface area (Å²) in [5.74, 6) is 0.000340. The van der Waals surface area contributed by atoms with E-state index in [4.69, 9.17) is 11.6 Å². The standard InChI is InChI=1S/C10H11ClO.C7H10FN/c1-7-3-4-10(11)6-9(7)5-8(2)12;1-2-6-4-3-5-9-7(6)8/h3-4,6H,5H2,1-2H3;3-4,9H,2,5H2,1H3. The third-order valence-corrected chi connectivity index (χ3v) is 3.34. The highest BCUT2D eigenvalue weighted by Crippen LogP contribution is 2.15. The SMILES string of the molecule is CC(=O)Cc1cc(Cl)ccc1C.CCC1=C(F)NCC=C1. The topological polar surface area (TPSA) is 29.1 Å². The molecule has 1 aliphatic rings. The lowest BCUT2D eigenvalue weighted by Crippen LogP contribution is -2.14. The van der Waals surface area contributed by atoms with Crippen LogP contribution in [0.2, 0.25) is 5.02 Å². The maximum absolute atomic E-state index is 12.6. The Morgan fingerprint density at radius 2 is 2.14 bits per heavy atom. The van der Waals surface area contributed by atoms with Crippen molar-refractivity contribution < 1.29 is 9.18 Å². The molecule has 1 aliphatic heterocycles. The number of carbonyl (C=O) groups is 1. The van der Waals surface area contributed by atoms with Crippen LogP contribution in [-0.4, -0.2) is 12.3 Å². The van der Waals surface area contributed by atoms with E-state index in [1.54, 1.807) is 6.92 Å². The zero-order valence-corrected chi connectivity index (χ0v) is 13.4. The highest BCUT2D eigenvalue weighted by Gasteiger charge is 2.03. The van der Waals surface area contributed by atoms with E-state index >= 15 is 0 Å². The second-order valence-corrected chi connectivity index (χ2v) is 5.36. The summed E-state index contributed by atoms with van der Waals surface area (Å²) in [7, 11) is 0. The first-order valence-electron chi connectivity index (χ1n) is 6.97. The fourth-order valence-electron chi connectivity index (χ4n) is 1.91. The van der Waals surface area contributed by atoms with Crippen LogP contribution in [0.25, 0.3) is 0 Å². The predicted molar refractivity (Wildman–Crippen MR) is 86.1 cm³/mol. The van der Waals surface area contributed by atoms with Gasteiger partial charge in [-0.25, -0.2) is 0 Å². The molecule has 1 aromatic carbocycles. The first-order chi connectivity index (χ1) is 9.93. The van der Waals surface area contributed by atoms with E-state index in [0.717, 1.165) is 23.1 Å². The van der Waals surface area contributed by atoms with Crippen molar-refractivity contribution in [3.05, 3.63) is 58.0 Å². The van der Waals surface area contributed by atoms with Gasteiger partial charge in [-0.3, -0.25) is 4.79 Å². The van der Waals surface area contributed by atoms with E-state index in [-0.39, 0.29) is 11.7 Å². The number of allylic oxidation sites excluding steroid dienone is 2. The summed E-state index contributed by atoms with van der Waals surface area (Å²) in [5, 5.41) is 3.30. The summed E-state index contributed by atoms with van der Waals surface area (Å²) in [6.45, 7) is 6.12. The van der Waals surface area contributed by atoms with Gasteiger partial charge >= 0.3 is 0 Å². The number of benzene rings is 1. The average molecular weight is 310 g/mol. The molecule has 0 atom stereocenters. The number of halogens is 2. The normalized spacial score (nSPS) is 13.4. The van der Waals surface area contributed by atoms with Crippen molar-refractivity contribution in [3.8, 4) is 0 Å². The molecule has 1 N–H and O–H groups in total. The van der Waals surface area contributed by atoms with Crippen LogP contribution in [0.15, 0.2) is 41.9 Å². The molecule has 21 heavy (non-hydrogen) atoms. The summed E-state index contributed by atoms with van der Waals surface area (Å²) in [5.41, 5.74) is 2.91. The molecule has 1 aromatic rings. The van der Waals surface area contributed by atoms with Crippen molar-refractivity contribution in [2.45, 2.75) is 33.6 Å². The van der Waals surface area contributed by atoms with Crippen molar-refractivity contribution in [1.82, 2.24) is 5.32 Å². The molecule has 0 bridgehead atoms. The maximum Gasteiger partial charge on any atom is 0.190 e. The van der Waals surface area contributed by atoms with Gasteiger partial charge in [-0.05, 0) is 43.5 Å². The molecule has 114 valence electrons. The second kappa shape index (κ2) is 8.63. The lowest BCUT2D eigenvalue weighted by molar-refractivity contribution is -0.116. The molecule has 0 fully saturated rings. The lowest BCUT2D eigenvalue weighted by Gasteiger charge is -2.08. The molecule has 0 aromatic heterocycles. The van der Waals surface area contributed by atoms with E-state index in [0.29, 0.717) is 18.0 Å². The zero-order valence-electron chi connectivity index (χ0n) is 12.7. The first-order valence-corrected chi connectivity index (χ1v) is 7.35. The Morgan fingerprint density at radius 1 is 1.43 bits per heavy atom. The van der Waals surface area contributed by atoms with Crippen LogP contribution >= 0.6 is 11.6 Å². The number of ketones is 1. The molecule has 0 aliphatic carbocycles. The van der Waals surface area contributed by atoms with Crippen molar-refractivity contribution in [3.63, 3.8) is 0 Å². The number of Topliss-reactive ketones (excluding diaryl/α,β-unsaturated/α-hetero) is 1. The van der Waals surface area contributed by atoms with Gasteiger partial charge in [0.25, 0.3) is 0 Å². The van der Waals surface area contributed by atoms with Crippen molar-refractivity contribution in [2.75, 3.05) is 6.54 Å². The minimum atomic E-state index is -0.167. The molecule has 2 nitrogen and oxygen atoms in total. The Labute approximate surface area is 130 Å². The minimum Gasteiger partial charge on any atom is -0.358 e. The predicted octanol–water partition coefficient (Wildman–Crippen LogP) is 4.52. The highest BCUT2D eigenvalue weighted by atomic mass is 35.5. The summed E-state index contributed by atoms with van der Waals surface area (Å²) < 4.78 is 12.6. The summed E-state index contributed by atoms with van der Waals surface area (Å²) >= 11 is 5.79. The van der Waals surface area contributed by atoms with Gasteiger partial charge in [0, 0.05) is 23.6 Å². The molecule has 1 heterocycles. The Kier molecular flexibility index (Phi) is 7.17. The molecule has 0 spiro atoms. The molecule has 4 heteroatoms. The number of carbonyl (C=O) groups excluding carboxylic acids is 1. The maximum atomic E-state index is 12.6. The van der Waals surface area contributed by atoms with Crippen LogP contribution < -0.4 is 5.32 Å². The zero-order chi connectivity index (χ0) is 15.8. The van der Waals surface area contributed by atoms with Crippen LogP contribution in [0.5, 0.6) is 0 Å². The molecule has 2 rings (SSSR count). The quantitative estimate of drug-likeness (QED) is 0.832. The summed E-state index contributed by atoms with van der Waals surface area (Å²) in [4.78, 5) is 10.8. The van der Waals surface area contributed by atoms with Crippen LogP contribution in [0, 0.1) is 6.92 Å². The fourth-order valence-corrected chi connectivity index (χ4v) is 2.10. The van der Waals surface area contributed by atoms with Crippen LogP contribution in [0.3, 0.4) is 0 Å². The van der Waals surface area contributed by atoms with Gasteiger partial charge in [0.2, 0.25) is 0 Å². The molecule has 0 amide bonds. The third-order valence-electron chi connectivity index (χ3n) is 3.11. The van der Waals surface area contributed by atoms with Crippen LogP contribution in [0.4, 0.5) is 4.39 Å². The van der Waals surface area contributed by atoms with Gasteiger partial charge in [-0.2, -0.15) is 4.39 Å². The van der Waals surface area contributed by atoms with Gasteiger partial charge in [0.1, 0.15) is 5.78 Å². The van der Waals surface area contributed by atoms with Gasteiger partial charge in [-0.1, -0.05) is 36.7 Å². The summed E-state index contributed by atoms with van der Waals surface area (Å²) in [6.07, 6.45) is 4.98. The number of hydrogen-bond donors (Lipinski definition) is 1. The van der Waals surface area contributed by atoms with Gasteiger partial charge in [0.05, 0.1) is 0 Å². The highest BCUT2D eigenvalue weighted by molar-refractivity contribution is 6.30. The van der Waals surface area contributed by atoms with Gasteiger partial charge in [0.15, 0.2) is 5.95 Å². The van der Waals surface area contributed by atoms with Crippen LogP contribution in [-0.2, 0) is 11.2 Å². The van der Waals surface area contributed by atoms with Gasteiger partial charge in [-0.15, -0.1) is 0 Å². The largest absolute Gasteiger partial charge is 0.358 e. The minimum absolute atomic E-state index is 0.167. The number of nitrogens with one attached hydrogen (secondary N) is 1. The molecular weight excluding hydrogens is 289 g/mol. The van der Waals surface area contributed by atoms with E-state index in [1.807, 2.05) is 44.2 Å². The Balaban J connectivity index is 0.000000219.